The van der Waals surface area contributed by atoms with E-state index in [0.717, 1.165) is 11.3 Å². The second-order valence-corrected chi connectivity index (χ2v) is 3.45. The number of amides is 1. The number of likely N-dealkylation sites (N-methyl/N-ethyl adjacent to an activating group) is 1. The van der Waals surface area contributed by atoms with Crippen molar-refractivity contribution in [1.29, 1.82) is 0 Å². The standard InChI is InChI=1S/C12H17NO2/c1-4-11(12(14)13-3)15-10-7-5-6-9(2)8-10/h5-8,11H,4H2,1-3H3,(H,13,14). The van der Waals surface area contributed by atoms with Gasteiger partial charge in [-0.05, 0) is 31.0 Å². The van der Waals surface area contributed by atoms with Gasteiger partial charge in [0.2, 0.25) is 0 Å². The van der Waals surface area contributed by atoms with Crippen molar-refractivity contribution in [3.63, 3.8) is 0 Å². The van der Waals surface area contributed by atoms with Gasteiger partial charge in [-0.2, -0.15) is 0 Å². The van der Waals surface area contributed by atoms with Crippen molar-refractivity contribution in [2.75, 3.05) is 7.05 Å². The molecular weight excluding hydrogens is 190 g/mol. The topological polar surface area (TPSA) is 38.3 Å². The maximum atomic E-state index is 11.4. The smallest absolute Gasteiger partial charge is 0.260 e. The lowest BCUT2D eigenvalue weighted by Crippen LogP contribution is -2.35. The molecule has 0 radical (unpaired) electrons. The van der Waals surface area contributed by atoms with Crippen molar-refractivity contribution >= 4 is 5.91 Å². The highest BCUT2D eigenvalue weighted by atomic mass is 16.5. The SMILES string of the molecule is CCC(Oc1cccc(C)c1)C(=O)NC. The Morgan fingerprint density at radius 3 is 2.80 bits per heavy atom. The number of nitrogens with one attached hydrogen (secondary N) is 1. The fourth-order valence-corrected chi connectivity index (χ4v) is 1.34. The second-order valence-electron chi connectivity index (χ2n) is 3.45. The molecule has 0 spiro atoms. The fraction of sp³-hybridized carbons (Fsp3) is 0.417. The van der Waals surface area contributed by atoms with Crippen LogP contribution < -0.4 is 10.1 Å². The summed E-state index contributed by atoms with van der Waals surface area (Å²) in [4.78, 5) is 11.4. The maximum absolute atomic E-state index is 11.4. The highest BCUT2D eigenvalue weighted by molar-refractivity contribution is 5.80. The van der Waals surface area contributed by atoms with Crippen LogP contribution in [0.5, 0.6) is 5.75 Å². The average molecular weight is 207 g/mol. The largest absolute Gasteiger partial charge is 0.481 e. The number of benzene rings is 1. The number of rotatable bonds is 4. The van der Waals surface area contributed by atoms with Crippen LogP contribution in [-0.4, -0.2) is 19.1 Å². The molecule has 0 fully saturated rings. The van der Waals surface area contributed by atoms with Crippen LogP contribution in [-0.2, 0) is 4.79 Å². The van der Waals surface area contributed by atoms with Crippen molar-refractivity contribution in [3.05, 3.63) is 29.8 Å². The highest BCUT2D eigenvalue weighted by Crippen LogP contribution is 2.15. The summed E-state index contributed by atoms with van der Waals surface area (Å²) >= 11 is 0. The van der Waals surface area contributed by atoms with Crippen molar-refractivity contribution in [3.8, 4) is 5.75 Å². The van der Waals surface area contributed by atoms with Gasteiger partial charge in [0.15, 0.2) is 6.10 Å². The van der Waals surface area contributed by atoms with E-state index in [9.17, 15) is 4.79 Å². The van der Waals surface area contributed by atoms with Crippen molar-refractivity contribution in [1.82, 2.24) is 5.32 Å². The first-order chi connectivity index (χ1) is 7.17. The predicted octanol–water partition coefficient (Wildman–Crippen LogP) is 1.90. The molecule has 0 aliphatic heterocycles. The molecule has 1 aromatic carbocycles. The number of hydrogen-bond donors (Lipinski definition) is 1. The van der Waals surface area contributed by atoms with Gasteiger partial charge < -0.3 is 10.1 Å². The molecule has 1 atom stereocenters. The molecule has 0 aliphatic carbocycles. The minimum atomic E-state index is -0.406. The second kappa shape index (κ2) is 5.39. The molecule has 0 saturated carbocycles. The van der Waals surface area contributed by atoms with Gasteiger partial charge in [0.05, 0.1) is 0 Å². The lowest BCUT2D eigenvalue weighted by Gasteiger charge is -2.16. The first-order valence-electron chi connectivity index (χ1n) is 5.12. The molecule has 15 heavy (non-hydrogen) atoms. The minimum Gasteiger partial charge on any atom is -0.481 e. The summed E-state index contributed by atoms with van der Waals surface area (Å²) < 4.78 is 5.59. The number of ether oxygens (including phenoxy) is 1. The summed E-state index contributed by atoms with van der Waals surface area (Å²) in [6.45, 7) is 3.92. The van der Waals surface area contributed by atoms with Crippen molar-refractivity contribution in [2.45, 2.75) is 26.4 Å². The Bertz CT molecular complexity index is 336. The van der Waals surface area contributed by atoms with Gasteiger partial charge in [-0.3, -0.25) is 4.79 Å². The van der Waals surface area contributed by atoms with E-state index in [1.54, 1.807) is 7.05 Å². The summed E-state index contributed by atoms with van der Waals surface area (Å²) in [5.74, 6) is 0.657. The Hall–Kier alpha value is -1.51. The number of carbonyl (C=O) groups is 1. The van der Waals surface area contributed by atoms with Crippen LogP contribution in [0.1, 0.15) is 18.9 Å². The van der Waals surface area contributed by atoms with Crippen molar-refractivity contribution < 1.29 is 9.53 Å². The Labute approximate surface area is 90.4 Å². The van der Waals surface area contributed by atoms with E-state index < -0.39 is 6.10 Å². The molecule has 3 heteroatoms. The molecule has 1 amide bonds. The molecule has 1 rings (SSSR count). The van der Waals surface area contributed by atoms with E-state index in [0.29, 0.717) is 6.42 Å². The fourth-order valence-electron chi connectivity index (χ4n) is 1.34. The van der Waals surface area contributed by atoms with Crippen LogP contribution in [0.15, 0.2) is 24.3 Å². The van der Waals surface area contributed by atoms with E-state index in [1.165, 1.54) is 0 Å². The van der Waals surface area contributed by atoms with E-state index in [-0.39, 0.29) is 5.91 Å². The van der Waals surface area contributed by atoms with Crippen molar-refractivity contribution in [2.24, 2.45) is 0 Å². The lowest BCUT2D eigenvalue weighted by atomic mass is 10.2. The predicted molar refractivity (Wildman–Crippen MR) is 60.0 cm³/mol. The van der Waals surface area contributed by atoms with Gasteiger partial charge in [0.1, 0.15) is 5.75 Å². The Kier molecular flexibility index (Phi) is 4.16. The van der Waals surface area contributed by atoms with Gasteiger partial charge in [0, 0.05) is 7.05 Å². The Balaban J connectivity index is 2.70. The molecule has 1 aromatic rings. The zero-order valence-electron chi connectivity index (χ0n) is 9.41. The summed E-state index contributed by atoms with van der Waals surface area (Å²) in [5, 5.41) is 2.59. The van der Waals surface area contributed by atoms with Crippen LogP contribution >= 0.6 is 0 Å². The normalized spacial score (nSPS) is 11.9. The third-order valence-electron chi connectivity index (χ3n) is 2.18. The number of hydrogen-bond acceptors (Lipinski definition) is 2. The van der Waals surface area contributed by atoms with Crippen LogP contribution in [0.2, 0.25) is 0 Å². The molecule has 0 heterocycles. The molecule has 1 unspecified atom stereocenters. The van der Waals surface area contributed by atoms with Crippen LogP contribution in [0.3, 0.4) is 0 Å². The van der Waals surface area contributed by atoms with E-state index in [4.69, 9.17) is 4.74 Å². The van der Waals surface area contributed by atoms with E-state index >= 15 is 0 Å². The molecule has 0 bridgehead atoms. The van der Waals surface area contributed by atoms with Crippen LogP contribution in [0, 0.1) is 6.92 Å². The molecule has 0 saturated heterocycles. The highest BCUT2D eigenvalue weighted by Gasteiger charge is 2.16. The van der Waals surface area contributed by atoms with Gasteiger partial charge in [0.25, 0.3) is 5.91 Å². The van der Waals surface area contributed by atoms with Gasteiger partial charge in [-0.15, -0.1) is 0 Å². The maximum Gasteiger partial charge on any atom is 0.260 e. The monoisotopic (exact) mass is 207 g/mol. The first-order valence-corrected chi connectivity index (χ1v) is 5.12. The zero-order chi connectivity index (χ0) is 11.3. The first kappa shape index (κ1) is 11.6. The zero-order valence-corrected chi connectivity index (χ0v) is 9.41. The lowest BCUT2D eigenvalue weighted by molar-refractivity contribution is -0.127. The number of aryl methyl sites for hydroxylation is 1. The van der Waals surface area contributed by atoms with Gasteiger partial charge in [-0.25, -0.2) is 0 Å². The molecule has 0 aromatic heterocycles. The third kappa shape index (κ3) is 3.27. The molecule has 82 valence electrons. The van der Waals surface area contributed by atoms with Gasteiger partial charge >= 0.3 is 0 Å². The molecular formula is C12H17NO2. The van der Waals surface area contributed by atoms with E-state index in [1.807, 2.05) is 38.1 Å². The quantitative estimate of drug-likeness (QED) is 0.819. The van der Waals surface area contributed by atoms with Gasteiger partial charge in [-0.1, -0.05) is 19.1 Å². The molecule has 1 N–H and O–H groups in total. The average Bonchev–Trinajstić information content (AvgIpc) is 2.25. The minimum absolute atomic E-state index is 0.0843. The summed E-state index contributed by atoms with van der Waals surface area (Å²) in [6.07, 6.45) is 0.255. The van der Waals surface area contributed by atoms with Crippen LogP contribution in [0.4, 0.5) is 0 Å². The Morgan fingerprint density at radius 1 is 1.53 bits per heavy atom. The van der Waals surface area contributed by atoms with Crippen LogP contribution in [0.25, 0.3) is 0 Å². The Morgan fingerprint density at radius 2 is 2.27 bits per heavy atom. The van der Waals surface area contributed by atoms with E-state index in [2.05, 4.69) is 5.32 Å². The summed E-state index contributed by atoms with van der Waals surface area (Å²) in [7, 11) is 1.62. The third-order valence-corrected chi connectivity index (χ3v) is 2.18. The molecule has 3 nitrogen and oxygen atoms in total. The summed E-state index contributed by atoms with van der Waals surface area (Å²) in [5.41, 5.74) is 1.12. The molecule has 0 aliphatic rings. The number of carbonyl (C=O) groups excluding carboxylic acids is 1. The summed E-state index contributed by atoms with van der Waals surface area (Å²) in [6, 6.07) is 7.69.